The van der Waals surface area contributed by atoms with Crippen LogP contribution in [0.15, 0.2) is 10.5 Å². The van der Waals surface area contributed by atoms with Gasteiger partial charge in [0.25, 0.3) is 0 Å². The fourth-order valence-electron chi connectivity index (χ4n) is 1.35. The van der Waals surface area contributed by atoms with E-state index in [4.69, 9.17) is 9.52 Å². The summed E-state index contributed by atoms with van der Waals surface area (Å²) in [5, 5.41) is 12.9. The third-order valence-electron chi connectivity index (χ3n) is 2.35. The number of oxazole rings is 1. The van der Waals surface area contributed by atoms with Gasteiger partial charge in [0, 0.05) is 13.1 Å². The number of aromatic carboxylic acids is 1. The van der Waals surface area contributed by atoms with Crippen LogP contribution in [0.3, 0.4) is 0 Å². The number of rotatable bonds is 2. The number of hydrogen-bond acceptors (Lipinski definition) is 4. The van der Waals surface area contributed by atoms with Crippen LogP contribution < -0.4 is 0 Å². The van der Waals surface area contributed by atoms with Crippen molar-refractivity contribution in [3.8, 4) is 11.6 Å². The Morgan fingerprint density at radius 3 is 2.62 bits per heavy atom. The predicted octanol–water partition coefficient (Wildman–Crippen LogP) is 1.39. The predicted molar refractivity (Wildman–Crippen MR) is 55.1 cm³/mol. The largest absolute Gasteiger partial charge is 0.477 e. The molecule has 2 rings (SSSR count). The number of carboxylic acids is 1. The fourth-order valence-corrected chi connectivity index (χ4v) is 1.35. The van der Waals surface area contributed by atoms with E-state index in [2.05, 4.69) is 10.1 Å². The molecule has 0 atom stereocenters. The van der Waals surface area contributed by atoms with Crippen LogP contribution in [0.25, 0.3) is 11.6 Å². The third-order valence-corrected chi connectivity index (χ3v) is 2.35. The van der Waals surface area contributed by atoms with E-state index in [0.29, 0.717) is 17.3 Å². The lowest BCUT2D eigenvalue weighted by molar-refractivity contribution is 0.0685. The summed E-state index contributed by atoms with van der Waals surface area (Å²) in [6, 6.07) is 1.44. The van der Waals surface area contributed by atoms with Crippen molar-refractivity contribution in [2.75, 3.05) is 0 Å². The number of nitrogens with zero attached hydrogens (tertiary/aromatic N) is 3. The lowest BCUT2D eigenvalue weighted by Gasteiger charge is -1.91. The van der Waals surface area contributed by atoms with Crippen molar-refractivity contribution in [3.63, 3.8) is 0 Å². The molecule has 0 aliphatic heterocycles. The standard InChI is InChI=1S/C10H11N3O3/c1-5-6(2)16-9(11-5)7-4-8(10(14)15)13(3)12-7/h4H,1-3H3,(H,14,15). The lowest BCUT2D eigenvalue weighted by Crippen LogP contribution is -2.04. The molecule has 1 N–H and O–H groups in total. The van der Waals surface area contributed by atoms with Gasteiger partial charge in [-0.15, -0.1) is 0 Å². The van der Waals surface area contributed by atoms with Crippen molar-refractivity contribution in [3.05, 3.63) is 23.2 Å². The van der Waals surface area contributed by atoms with E-state index in [9.17, 15) is 4.79 Å². The van der Waals surface area contributed by atoms with Crippen molar-refractivity contribution in [2.24, 2.45) is 7.05 Å². The van der Waals surface area contributed by atoms with Crippen LogP contribution in [0.4, 0.5) is 0 Å². The Balaban J connectivity index is 2.49. The van der Waals surface area contributed by atoms with Crippen LogP contribution in [0.1, 0.15) is 21.9 Å². The van der Waals surface area contributed by atoms with E-state index in [0.717, 1.165) is 5.69 Å². The van der Waals surface area contributed by atoms with Crippen LogP contribution in [0.2, 0.25) is 0 Å². The summed E-state index contributed by atoms with van der Waals surface area (Å²) in [6.07, 6.45) is 0. The molecule has 0 amide bonds. The van der Waals surface area contributed by atoms with Crippen LogP contribution in [0, 0.1) is 13.8 Å². The second-order valence-electron chi connectivity index (χ2n) is 3.50. The van der Waals surface area contributed by atoms with E-state index in [-0.39, 0.29) is 5.69 Å². The molecule has 0 saturated heterocycles. The van der Waals surface area contributed by atoms with Crippen LogP contribution in [0.5, 0.6) is 0 Å². The molecule has 0 radical (unpaired) electrons. The van der Waals surface area contributed by atoms with Gasteiger partial charge in [-0.2, -0.15) is 5.10 Å². The molecule has 0 saturated carbocycles. The number of aromatic nitrogens is 3. The van der Waals surface area contributed by atoms with Crippen molar-refractivity contribution < 1.29 is 14.3 Å². The van der Waals surface area contributed by atoms with Gasteiger partial charge >= 0.3 is 5.97 Å². The monoisotopic (exact) mass is 221 g/mol. The summed E-state index contributed by atoms with van der Waals surface area (Å²) >= 11 is 0. The SMILES string of the molecule is Cc1nc(-c2cc(C(=O)O)n(C)n2)oc1C. The Kier molecular flexibility index (Phi) is 2.26. The van der Waals surface area contributed by atoms with E-state index in [1.165, 1.54) is 10.7 Å². The van der Waals surface area contributed by atoms with Gasteiger partial charge in [0.1, 0.15) is 17.1 Å². The molecule has 2 heterocycles. The van der Waals surface area contributed by atoms with E-state index >= 15 is 0 Å². The van der Waals surface area contributed by atoms with Gasteiger partial charge in [-0.1, -0.05) is 0 Å². The highest BCUT2D eigenvalue weighted by molar-refractivity contribution is 5.86. The topological polar surface area (TPSA) is 81.1 Å². The molecule has 84 valence electrons. The molecular formula is C10H11N3O3. The zero-order valence-electron chi connectivity index (χ0n) is 9.18. The normalized spacial score (nSPS) is 10.7. The lowest BCUT2D eigenvalue weighted by atomic mass is 10.3. The number of carbonyl (C=O) groups is 1. The maximum absolute atomic E-state index is 10.8. The molecule has 2 aromatic rings. The molecule has 0 unspecified atom stereocenters. The molecule has 0 spiro atoms. The van der Waals surface area contributed by atoms with Gasteiger partial charge in [-0.3, -0.25) is 4.68 Å². The van der Waals surface area contributed by atoms with Crippen LogP contribution >= 0.6 is 0 Å². The summed E-state index contributed by atoms with van der Waals surface area (Å²) in [7, 11) is 1.57. The highest BCUT2D eigenvalue weighted by Gasteiger charge is 2.16. The first-order chi connectivity index (χ1) is 7.49. The third kappa shape index (κ3) is 1.58. The first-order valence-corrected chi connectivity index (χ1v) is 4.70. The molecule has 6 heteroatoms. The van der Waals surface area contributed by atoms with E-state index < -0.39 is 5.97 Å². The number of aryl methyl sites for hydroxylation is 3. The maximum atomic E-state index is 10.8. The van der Waals surface area contributed by atoms with Crippen molar-refractivity contribution in [1.29, 1.82) is 0 Å². The molecular weight excluding hydrogens is 210 g/mol. The summed E-state index contributed by atoms with van der Waals surface area (Å²) in [5.74, 6) is 0.0249. The highest BCUT2D eigenvalue weighted by atomic mass is 16.4. The van der Waals surface area contributed by atoms with E-state index in [1.54, 1.807) is 14.0 Å². The zero-order valence-corrected chi connectivity index (χ0v) is 9.18. The molecule has 0 fully saturated rings. The summed E-state index contributed by atoms with van der Waals surface area (Å²) in [6.45, 7) is 3.62. The average Bonchev–Trinajstić information content (AvgIpc) is 2.71. The first kappa shape index (κ1) is 10.4. The molecule has 0 aliphatic carbocycles. The Labute approximate surface area is 91.5 Å². The van der Waals surface area contributed by atoms with Crippen molar-refractivity contribution >= 4 is 5.97 Å². The quantitative estimate of drug-likeness (QED) is 0.828. The van der Waals surface area contributed by atoms with Gasteiger partial charge < -0.3 is 9.52 Å². The van der Waals surface area contributed by atoms with Gasteiger partial charge in [-0.25, -0.2) is 9.78 Å². The van der Waals surface area contributed by atoms with Gasteiger partial charge in [-0.05, 0) is 13.8 Å². The second kappa shape index (κ2) is 3.48. The Hall–Kier alpha value is -2.11. The Morgan fingerprint density at radius 1 is 1.50 bits per heavy atom. The smallest absolute Gasteiger partial charge is 0.354 e. The molecule has 2 aromatic heterocycles. The zero-order chi connectivity index (χ0) is 11.9. The number of carboxylic acid groups (broad SMARTS) is 1. The molecule has 6 nitrogen and oxygen atoms in total. The van der Waals surface area contributed by atoms with Gasteiger partial charge in [0.2, 0.25) is 5.89 Å². The van der Waals surface area contributed by atoms with E-state index in [1.807, 2.05) is 6.92 Å². The van der Waals surface area contributed by atoms with Gasteiger partial charge in [0.05, 0.1) is 5.69 Å². The molecule has 0 aliphatic rings. The van der Waals surface area contributed by atoms with Crippen molar-refractivity contribution in [1.82, 2.24) is 14.8 Å². The summed E-state index contributed by atoms with van der Waals surface area (Å²) in [4.78, 5) is 15.0. The minimum absolute atomic E-state index is 0.100. The molecule has 16 heavy (non-hydrogen) atoms. The Bertz CT molecular complexity index is 534. The Morgan fingerprint density at radius 2 is 2.19 bits per heavy atom. The average molecular weight is 221 g/mol. The summed E-state index contributed by atoms with van der Waals surface area (Å²) < 4.78 is 6.65. The van der Waals surface area contributed by atoms with Crippen molar-refractivity contribution in [2.45, 2.75) is 13.8 Å². The first-order valence-electron chi connectivity index (χ1n) is 4.70. The minimum Gasteiger partial charge on any atom is -0.477 e. The second-order valence-corrected chi connectivity index (χ2v) is 3.50. The summed E-state index contributed by atoms with van der Waals surface area (Å²) in [5.41, 5.74) is 1.30. The van der Waals surface area contributed by atoms with Crippen LogP contribution in [-0.2, 0) is 7.05 Å². The maximum Gasteiger partial charge on any atom is 0.354 e. The minimum atomic E-state index is -1.03. The number of hydrogen-bond donors (Lipinski definition) is 1. The molecule has 0 bridgehead atoms. The van der Waals surface area contributed by atoms with Crippen LogP contribution in [-0.4, -0.2) is 25.8 Å². The highest BCUT2D eigenvalue weighted by Crippen LogP contribution is 2.20. The fraction of sp³-hybridized carbons (Fsp3) is 0.300. The molecule has 0 aromatic carbocycles. The van der Waals surface area contributed by atoms with Gasteiger partial charge in [0.15, 0.2) is 0 Å².